The van der Waals surface area contributed by atoms with Crippen LogP contribution in [0, 0.1) is 0 Å². The van der Waals surface area contributed by atoms with E-state index < -0.39 is 0 Å². The van der Waals surface area contributed by atoms with Crippen LogP contribution in [0.25, 0.3) is 0 Å². The molecule has 19 heavy (non-hydrogen) atoms. The van der Waals surface area contributed by atoms with Gasteiger partial charge in [-0.3, -0.25) is 0 Å². The van der Waals surface area contributed by atoms with Crippen LogP contribution in [0.2, 0.25) is 0 Å². The number of hydrogen-bond donors (Lipinski definition) is 1. The van der Waals surface area contributed by atoms with Gasteiger partial charge in [-0.05, 0) is 62.4 Å². The quantitative estimate of drug-likeness (QED) is 0.790. The summed E-state index contributed by atoms with van der Waals surface area (Å²) in [6.07, 6.45) is 7.63. The van der Waals surface area contributed by atoms with Crippen molar-refractivity contribution in [1.29, 1.82) is 0 Å². The molecule has 1 heterocycles. The average molecular weight is 259 g/mol. The predicted octanol–water partition coefficient (Wildman–Crippen LogP) is 3.43. The zero-order valence-corrected chi connectivity index (χ0v) is 12.0. The van der Waals surface area contributed by atoms with Gasteiger partial charge >= 0.3 is 0 Å². The molecule has 1 aliphatic heterocycles. The van der Waals surface area contributed by atoms with E-state index in [4.69, 9.17) is 4.74 Å². The summed E-state index contributed by atoms with van der Waals surface area (Å²) in [6.45, 7) is 5.41. The van der Waals surface area contributed by atoms with Gasteiger partial charge in [0.25, 0.3) is 0 Å². The summed E-state index contributed by atoms with van der Waals surface area (Å²) < 4.78 is 5.89. The van der Waals surface area contributed by atoms with Gasteiger partial charge in [-0.25, -0.2) is 0 Å². The van der Waals surface area contributed by atoms with E-state index >= 15 is 0 Å². The van der Waals surface area contributed by atoms with Crippen LogP contribution in [0.1, 0.15) is 55.2 Å². The summed E-state index contributed by atoms with van der Waals surface area (Å²) >= 11 is 0. The second-order valence-corrected chi connectivity index (χ2v) is 5.87. The molecule has 0 amide bonds. The topological polar surface area (TPSA) is 21.3 Å². The van der Waals surface area contributed by atoms with E-state index in [2.05, 4.69) is 24.4 Å². The molecule has 2 heteroatoms. The van der Waals surface area contributed by atoms with Crippen molar-refractivity contribution in [1.82, 2.24) is 5.32 Å². The summed E-state index contributed by atoms with van der Waals surface area (Å²) in [5, 5.41) is 3.56. The Morgan fingerprint density at radius 1 is 1.26 bits per heavy atom. The highest BCUT2D eigenvalue weighted by Crippen LogP contribution is 2.42. The van der Waals surface area contributed by atoms with Crippen LogP contribution >= 0.6 is 0 Å². The first-order valence-electron chi connectivity index (χ1n) is 7.88. The molecule has 0 spiro atoms. The van der Waals surface area contributed by atoms with Crippen molar-refractivity contribution >= 4 is 0 Å². The SMILES string of the molecule is CCCCNCCC1COc2ccc3c(c21)CCC3. The molecular weight excluding hydrogens is 234 g/mol. The van der Waals surface area contributed by atoms with Gasteiger partial charge in [0.1, 0.15) is 5.75 Å². The van der Waals surface area contributed by atoms with Gasteiger partial charge in [0.05, 0.1) is 6.61 Å². The van der Waals surface area contributed by atoms with Gasteiger partial charge in [-0.1, -0.05) is 19.4 Å². The number of nitrogens with one attached hydrogen (secondary N) is 1. The van der Waals surface area contributed by atoms with E-state index in [1.807, 2.05) is 0 Å². The largest absolute Gasteiger partial charge is 0.493 e. The molecule has 0 fully saturated rings. The summed E-state index contributed by atoms with van der Waals surface area (Å²) in [5.41, 5.74) is 4.74. The minimum absolute atomic E-state index is 0.622. The maximum absolute atomic E-state index is 5.89. The van der Waals surface area contributed by atoms with Crippen molar-refractivity contribution in [2.24, 2.45) is 0 Å². The van der Waals surface area contributed by atoms with E-state index in [0.717, 1.165) is 19.7 Å². The molecule has 0 bridgehead atoms. The van der Waals surface area contributed by atoms with Crippen LogP contribution in [-0.4, -0.2) is 19.7 Å². The molecule has 104 valence electrons. The molecule has 2 aliphatic rings. The normalized spacial score (nSPS) is 20.2. The summed E-state index contributed by atoms with van der Waals surface area (Å²) in [7, 11) is 0. The summed E-state index contributed by atoms with van der Waals surface area (Å²) in [6, 6.07) is 4.48. The first-order chi connectivity index (χ1) is 9.40. The van der Waals surface area contributed by atoms with Gasteiger partial charge in [-0.2, -0.15) is 0 Å². The van der Waals surface area contributed by atoms with Gasteiger partial charge < -0.3 is 10.1 Å². The maximum Gasteiger partial charge on any atom is 0.123 e. The Morgan fingerprint density at radius 2 is 2.21 bits per heavy atom. The van der Waals surface area contributed by atoms with E-state index in [1.165, 1.54) is 44.3 Å². The van der Waals surface area contributed by atoms with Gasteiger partial charge in [-0.15, -0.1) is 0 Å². The molecule has 0 radical (unpaired) electrons. The fraction of sp³-hybridized carbons (Fsp3) is 0.647. The van der Waals surface area contributed by atoms with Crippen molar-refractivity contribution in [2.75, 3.05) is 19.7 Å². The van der Waals surface area contributed by atoms with Gasteiger partial charge in [0.2, 0.25) is 0 Å². The first kappa shape index (κ1) is 13.0. The molecule has 0 saturated carbocycles. The highest BCUT2D eigenvalue weighted by Gasteiger charge is 2.29. The molecule has 2 nitrogen and oxygen atoms in total. The van der Waals surface area contributed by atoms with Gasteiger partial charge in [0, 0.05) is 11.5 Å². The number of unbranched alkanes of at least 4 members (excludes halogenated alkanes) is 1. The Morgan fingerprint density at radius 3 is 3.11 bits per heavy atom. The van der Waals surface area contributed by atoms with Crippen LogP contribution in [0.3, 0.4) is 0 Å². The molecule has 0 aromatic heterocycles. The Bertz CT molecular complexity index is 441. The zero-order valence-electron chi connectivity index (χ0n) is 12.0. The lowest BCUT2D eigenvalue weighted by Crippen LogP contribution is -2.19. The molecule has 1 aromatic carbocycles. The zero-order chi connectivity index (χ0) is 13.1. The lowest BCUT2D eigenvalue weighted by atomic mass is 9.91. The minimum Gasteiger partial charge on any atom is -0.493 e. The smallest absolute Gasteiger partial charge is 0.123 e. The second kappa shape index (κ2) is 5.96. The molecular formula is C17H25NO. The number of benzene rings is 1. The number of fused-ring (bicyclic) bond motifs is 3. The van der Waals surface area contributed by atoms with Crippen molar-refractivity contribution in [3.63, 3.8) is 0 Å². The highest BCUT2D eigenvalue weighted by atomic mass is 16.5. The highest BCUT2D eigenvalue weighted by molar-refractivity contribution is 5.51. The number of aryl methyl sites for hydroxylation is 1. The predicted molar refractivity (Wildman–Crippen MR) is 79.1 cm³/mol. The first-order valence-corrected chi connectivity index (χ1v) is 7.88. The van der Waals surface area contributed by atoms with Crippen LogP contribution < -0.4 is 10.1 Å². The van der Waals surface area contributed by atoms with Crippen LogP contribution in [0.5, 0.6) is 5.75 Å². The second-order valence-electron chi connectivity index (χ2n) is 5.87. The van der Waals surface area contributed by atoms with E-state index in [9.17, 15) is 0 Å². The molecule has 0 saturated heterocycles. The number of ether oxygens (including phenoxy) is 1. The van der Waals surface area contributed by atoms with Crippen LogP contribution in [0.4, 0.5) is 0 Å². The molecule has 1 N–H and O–H groups in total. The van der Waals surface area contributed by atoms with Crippen molar-refractivity contribution in [2.45, 2.75) is 51.4 Å². The number of hydrogen-bond acceptors (Lipinski definition) is 2. The Labute approximate surface area is 116 Å². The molecule has 1 aromatic rings. The number of rotatable bonds is 6. The van der Waals surface area contributed by atoms with Crippen LogP contribution in [-0.2, 0) is 12.8 Å². The lowest BCUT2D eigenvalue weighted by Gasteiger charge is -2.13. The standard InChI is InChI=1S/C17H25NO/c1-2-3-10-18-11-9-14-12-19-16-8-7-13-5-4-6-15(13)17(14)16/h7-8,14,18H,2-6,9-12H2,1H3. The fourth-order valence-corrected chi connectivity index (χ4v) is 3.45. The molecule has 3 rings (SSSR count). The third-order valence-electron chi connectivity index (χ3n) is 4.51. The van der Waals surface area contributed by atoms with E-state index in [1.54, 1.807) is 16.7 Å². The minimum atomic E-state index is 0.622. The van der Waals surface area contributed by atoms with E-state index in [0.29, 0.717) is 5.92 Å². The Hall–Kier alpha value is -1.02. The average Bonchev–Trinajstić information content (AvgIpc) is 3.03. The molecule has 1 atom stereocenters. The summed E-state index contributed by atoms with van der Waals surface area (Å²) in [5.74, 6) is 1.79. The monoisotopic (exact) mass is 259 g/mol. The Kier molecular flexibility index (Phi) is 4.07. The van der Waals surface area contributed by atoms with E-state index in [-0.39, 0.29) is 0 Å². The lowest BCUT2D eigenvalue weighted by molar-refractivity contribution is 0.323. The summed E-state index contributed by atoms with van der Waals surface area (Å²) in [4.78, 5) is 0. The Balaban J connectivity index is 1.63. The third kappa shape index (κ3) is 2.64. The van der Waals surface area contributed by atoms with Gasteiger partial charge in [0.15, 0.2) is 0 Å². The third-order valence-corrected chi connectivity index (χ3v) is 4.51. The maximum atomic E-state index is 5.89. The molecule has 1 unspecified atom stereocenters. The van der Waals surface area contributed by atoms with Crippen molar-refractivity contribution < 1.29 is 4.74 Å². The van der Waals surface area contributed by atoms with Crippen molar-refractivity contribution in [3.8, 4) is 5.75 Å². The molecule has 1 aliphatic carbocycles. The fourth-order valence-electron chi connectivity index (χ4n) is 3.45. The van der Waals surface area contributed by atoms with Crippen molar-refractivity contribution in [3.05, 3.63) is 28.8 Å². The van der Waals surface area contributed by atoms with Crippen LogP contribution in [0.15, 0.2) is 12.1 Å².